The Labute approximate surface area is 162 Å². The van der Waals surface area contributed by atoms with Crippen molar-refractivity contribution in [3.63, 3.8) is 0 Å². The van der Waals surface area contributed by atoms with Gasteiger partial charge in [0.1, 0.15) is 0 Å². The maximum Gasteiger partial charge on any atom is 0.251 e. The molecule has 2 amide bonds. The van der Waals surface area contributed by atoms with Gasteiger partial charge in [0.15, 0.2) is 0 Å². The van der Waals surface area contributed by atoms with E-state index >= 15 is 0 Å². The second-order valence-electron chi connectivity index (χ2n) is 6.36. The number of amides is 2. The van der Waals surface area contributed by atoms with Crippen LogP contribution < -0.4 is 5.32 Å². The lowest BCUT2D eigenvalue weighted by Crippen LogP contribution is -2.50. The van der Waals surface area contributed by atoms with Crippen molar-refractivity contribution in [2.45, 2.75) is 13.5 Å². The molecule has 1 fully saturated rings. The molecule has 2 aromatic rings. The van der Waals surface area contributed by atoms with Crippen molar-refractivity contribution in [2.75, 3.05) is 32.7 Å². The Balaban J connectivity index is 1.43. The highest BCUT2D eigenvalue weighted by molar-refractivity contribution is 7.16. The fourth-order valence-corrected chi connectivity index (χ4v) is 4.13. The fraction of sp³-hybridized carbons (Fsp3) is 0.368. The van der Waals surface area contributed by atoms with Gasteiger partial charge in [0, 0.05) is 43.2 Å². The van der Waals surface area contributed by atoms with E-state index in [0.29, 0.717) is 18.7 Å². The molecule has 2 heterocycles. The van der Waals surface area contributed by atoms with Gasteiger partial charge in [-0.3, -0.25) is 14.5 Å². The molecule has 0 bridgehead atoms. The van der Waals surface area contributed by atoms with Gasteiger partial charge in [0.05, 0.1) is 10.9 Å². The van der Waals surface area contributed by atoms with Crippen LogP contribution in [0.5, 0.6) is 0 Å². The summed E-state index contributed by atoms with van der Waals surface area (Å²) in [5.41, 5.74) is 1.51. The molecule has 1 aromatic heterocycles. The summed E-state index contributed by atoms with van der Waals surface area (Å²) < 4.78 is 0.804. The number of carbonyl (C=O) groups excluding carboxylic acids is 2. The molecule has 138 valence electrons. The summed E-state index contributed by atoms with van der Waals surface area (Å²) >= 11 is 7.56. The molecule has 0 radical (unpaired) electrons. The Kier molecular flexibility index (Phi) is 6.29. The first-order valence-electron chi connectivity index (χ1n) is 8.61. The van der Waals surface area contributed by atoms with Gasteiger partial charge < -0.3 is 10.2 Å². The van der Waals surface area contributed by atoms with Crippen LogP contribution in [-0.2, 0) is 11.3 Å². The molecule has 0 saturated carbocycles. The summed E-state index contributed by atoms with van der Waals surface area (Å²) in [7, 11) is 0. The van der Waals surface area contributed by atoms with Gasteiger partial charge in [-0.2, -0.15) is 0 Å². The molecule has 0 spiro atoms. The van der Waals surface area contributed by atoms with Crippen molar-refractivity contribution < 1.29 is 9.59 Å². The molecule has 3 rings (SSSR count). The number of piperazine rings is 1. The molecule has 1 aliphatic heterocycles. The predicted molar refractivity (Wildman–Crippen MR) is 105 cm³/mol. The quantitative estimate of drug-likeness (QED) is 0.852. The molecule has 7 heteroatoms. The van der Waals surface area contributed by atoms with Crippen LogP contribution in [0.15, 0.2) is 36.4 Å². The maximum atomic E-state index is 12.4. The van der Waals surface area contributed by atoms with Crippen molar-refractivity contribution in [3.8, 4) is 0 Å². The van der Waals surface area contributed by atoms with Gasteiger partial charge in [-0.25, -0.2) is 0 Å². The highest BCUT2D eigenvalue weighted by Gasteiger charge is 2.22. The Bertz CT molecular complexity index is 785. The third-order valence-electron chi connectivity index (χ3n) is 4.52. The molecule has 26 heavy (non-hydrogen) atoms. The number of hydrogen-bond donors (Lipinski definition) is 1. The molecule has 0 aliphatic carbocycles. The van der Waals surface area contributed by atoms with Crippen molar-refractivity contribution in [3.05, 3.63) is 56.7 Å². The number of aryl methyl sites for hydroxylation is 1. The average molecular weight is 392 g/mol. The standard InChI is InChI=1S/C19H22ClN3O2S/c1-14-4-2-3-5-16(14)19(25)21-12-18(24)23-10-8-22(9-11-23)13-15-6-7-17(20)26-15/h2-7H,8-13H2,1H3,(H,21,25). The molecular formula is C19H22ClN3O2S. The third-order valence-corrected chi connectivity index (χ3v) is 5.74. The van der Waals surface area contributed by atoms with Gasteiger partial charge in [-0.15, -0.1) is 11.3 Å². The highest BCUT2D eigenvalue weighted by Crippen LogP contribution is 2.23. The summed E-state index contributed by atoms with van der Waals surface area (Å²) in [6, 6.07) is 11.3. The van der Waals surface area contributed by atoms with E-state index in [2.05, 4.69) is 10.2 Å². The minimum absolute atomic E-state index is 0.0354. The first-order chi connectivity index (χ1) is 12.5. The average Bonchev–Trinajstić information content (AvgIpc) is 3.05. The number of thiophene rings is 1. The molecule has 1 N–H and O–H groups in total. The predicted octanol–water partition coefficient (Wildman–Crippen LogP) is 2.78. The summed E-state index contributed by atoms with van der Waals surface area (Å²) in [4.78, 5) is 29.9. The van der Waals surface area contributed by atoms with E-state index in [9.17, 15) is 9.59 Å². The van der Waals surface area contributed by atoms with Crippen LogP contribution in [0, 0.1) is 6.92 Å². The number of nitrogens with zero attached hydrogens (tertiary/aromatic N) is 2. The van der Waals surface area contributed by atoms with E-state index in [-0.39, 0.29) is 18.4 Å². The van der Waals surface area contributed by atoms with Gasteiger partial charge in [0.2, 0.25) is 5.91 Å². The molecule has 0 unspecified atom stereocenters. The van der Waals surface area contributed by atoms with Crippen LogP contribution >= 0.6 is 22.9 Å². The lowest BCUT2D eigenvalue weighted by atomic mass is 10.1. The largest absolute Gasteiger partial charge is 0.343 e. The van der Waals surface area contributed by atoms with Crippen LogP contribution in [0.4, 0.5) is 0 Å². The zero-order valence-electron chi connectivity index (χ0n) is 14.7. The molecule has 1 aromatic carbocycles. The first kappa shape index (κ1) is 18.9. The number of hydrogen-bond acceptors (Lipinski definition) is 4. The van der Waals surface area contributed by atoms with Crippen molar-refractivity contribution in [1.82, 2.24) is 15.1 Å². The van der Waals surface area contributed by atoms with Crippen molar-refractivity contribution >= 4 is 34.8 Å². The summed E-state index contributed by atoms with van der Waals surface area (Å²) in [5.74, 6) is -0.240. The monoisotopic (exact) mass is 391 g/mol. The summed E-state index contributed by atoms with van der Waals surface area (Å²) in [5, 5.41) is 2.73. The van der Waals surface area contributed by atoms with Crippen LogP contribution in [0.25, 0.3) is 0 Å². The minimum atomic E-state index is -0.204. The van der Waals surface area contributed by atoms with Gasteiger partial charge in [-0.1, -0.05) is 29.8 Å². The van der Waals surface area contributed by atoms with Gasteiger partial charge in [0.25, 0.3) is 5.91 Å². The number of halogens is 1. The van der Waals surface area contributed by atoms with E-state index < -0.39 is 0 Å². The number of nitrogens with one attached hydrogen (secondary N) is 1. The third kappa shape index (κ3) is 4.84. The van der Waals surface area contributed by atoms with E-state index in [1.54, 1.807) is 17.4 Å². The Hall–Kier alpha value is -1.89. The first-order valence-corrected chi connectivity index (χ1v) is 9.80. The SMILES string of the molecule is Cc1ccccc1C(=O)NCC(=O)N1CCN(Cc2ccc(Cl)s2)CC1. The van der Waals surface area contributed by atoms with Crippen molar-refractivity contribution in [2.24, 2.45) is 0 Å². The second-order valence-corrected chi connectivity index (χ2v) is 8.16. The molecule has 5 nitrogen and oxygen atoms in total. The van der Waals surface area contributed by atoms with Crippen LogP contribution in [0.3, 0.4) is 0 Å². The van der Waals surface area contributed by atoms with E-state index in [1.165, 1.54) is 4.88 Å². The smallest absolute Gasteiger partial charge is 0.251 e. The Morgan fingerprint density at radius 2 is 1.85 bits per heavy atom. The Morgan fingerprint density at radius 3 is 2.50 bits per heavy atom. The van der Waals surface area contributed by atoms with Crippen LogP contribution in [0.1, 0.15) is 20.8 Å². The zero-order valence-corrected chi connectivity index (χ0v) is 16.3. The van der Waals surface area contributed by atoms with Crippen LogP contribution in [-0.4, -0.2) is 54.3 Å². The number of carbonyl (C=O) groups is 2. The zero-order chi connectivity index (χ0) is 18.5. The highest BCUT2D eigenvalue weighted by atomic mass is 35.5. The van der Waals surface area contributed by atoms with Gasteiger partial charge >= 0.3 is 0 Å². The molecule has 1 saturated heterocycles. The lowest BCUT2D eigenvalue weighted by Gasteiger charge is -2.34. The number of rotatable bonds is 5. The number of benzene rings is 1. The molecule has 1 aliphatic rings. The van der Waals surface area contributed by atoms with Gasteiger partial charge in [-0.05, 0) is 30.7 Å². The molecule has 0 atom stereocenters. The fourth-order valence-electron chi connectivity index (χ4n) is 3.00. The second kappa shape index (κ2) is 8.66. The Morgan fingerprint density at radius 1 is 1.12 bits per heavy atom. The van der Waals surface area contributed by atoms with E-state index in [0.717, 1.165) is 29.5 Å². The normalized spacial score (nSPS) is 15.1. The topological polar surface area (TPSA) is 52.7 Å². The van der Waals surface area contributed by atoms with Crippen molar-refractivity contribution in [1.29, 1.82) is 0 Å². The van der Waals surface area contributed by atoms with E-state index in [4.69, 9.17) is 11.6 Å². The van der Waals surface area contributed by atoms with E-state index in [1.807, 2.05) is 42.2 Å². The molecular weight excluding hydrogens is 370 g/mol. The van der Waals surface area contributed by atoms with Crippen LogP contribution in [0.2, 0.25) is 4.34 Å². The maximum absolute atomic E-state index is 12.4. The summed E-state index contributed by atoms with van der Waals surface area (Å²) in [6.07, 6.45) is 0. The minimum Gasteiger partial charge on any atom is -0.343 e. The summed E-state index contributed by atoms with van der Waals surface area (Å²) in [6.45, 7) is 5.80. The lowest BCUT2D eigenvalue weighted by molar-refractivity contribution is -0.131.